The molecule has 0 aromatic carbocycles. The molecule has 0 radical (unpaired) electrons. The fraction of sp³-hybridized carbons (Fsp3) is 0.632. The first-order valence-electron chi connectivity index (χ1n) is 9.10. The summed E-state index contributed by atoms with van der Waals surface area (Å²) in [6.45, 7) is 10.4. The van der Waals surface area contributed by atoms with E-state index in [1.807, 2.05) is 24.8 Å². The van der Waals surface area contributed by atoms with Crippen molar-refractivity contribution >= 4 is 33.6 Å². The van der Waals surface area contributed by atoms with Crippen molar-refractivity contribution in [2.75, 3.05) is 25.1 Å². The molecule has 0 bridgehead atoms. The van der Waals surface area contributed by atoms with E-state index in [-0.39, 0.29) is 28.7 Å². The summed E-state index contributed by atoms with van der Waals surface area (Å²) in [5.74, 6) is 0.671. The van der Waals surface area contributed by atoms with E-state index in [1.165, 1.54) is 0 Å². The summed E-state index contributed by atoms with van der Waals surface area (Å²) >= 11 is 3.34. The van der Waals surface area contributed by atoms with Gasteiger partial charge in [0.2, 0.25) is 11.8 Å². The van der Waals surface area contributed by atoms with Crippen LogP contribution in [-0.2, 0) is 9.59 Å². The molecule has 2 saturated heterocycles. The second-order valence-corrected chi connectivity index (χ2v) is 9.24. The van der Waals surface area contributed by atoms with Gasteiger partial charge in [0.15, 0.2) is 0 Å². The van der Waals surface area contributed by atoms with E-state index in [0.29, 0.717) is 19.0 Å². The SMILES string of the molecule is CC1(C)C(=O)N(CN2CCC[C@H](C(=O)Nc3ccc(Br)cn3)C2)C1(C)C. The molecule has 2 aliphatic rings. The summed E-state index contributed by atoms with van der Waals surface area (Å²) in [6, 6.07) is 3.64. The van der Waals surface area contributed by atoms with Gasteiger partial charge >= 0.3 is 0 Å². The summed E-state index contributed by atoms with van der Waals surface area (Å²) < 4.78 is 0.879. The van der Waals surface area contributed by atoms with E-state index in [0.717, 1.165) is 23.9 Å². The van der Waals surface area contributed by atoms with Crippen LogP contribution in [0, 0.1) is 11.3 Å². The van der Waals surface area contributed by atoms with Crippen molar-refractivity contribution in [1.29, 1.82) is 0 Å². The van der Waals surface area contributed by atoms with Crippen molar-refractivity contribution in [3.8, 4) is 0 Å². The number of nitrogens with zero attached hydrogens (tertiary/aromatic N) is 3. The average molecular weight is 423 g/mol. The predicted octanol–water partition coefficient (Wildman–Crippen LogP) is 3.10. The third kappa shape index (κ3) is 3.39. The second-order valence-electron chi connectivity index (χ2n) is 8.33. The third-order valence-corrected chi connectivity index (χ3v) is 6.65. The summed E-state index contributed by atoms with van der Waals surface area (Å²) in [5.41, 5.74) is -0.493. The minimum Gasteiger partial charge on any atom is -0.323 e. The number of amides is 2. The van der Waals surface area contributed by atoms with Gasteiger partial charge in [-0.2, -0.15) is 0 Å². The van der Waals surface area contributed by atoms with Crippen molar-refractivity contribution in [3.05, 3.63) is 22.8 Å². The van der Waals surface area contributed by atoms with Gasteiger partial charge in [0.25, 0.3) is 0 Å². The summed E-state index contributed by atoms with van der Waals surface area (Å²) in [7, 11) is 0. The van der Waals surface area contributed by atoms with E-state index in [9.17, 15) is 9.59 Å². The van der Waals surface area contributed by atoms with Crippen molar-refractivity contribution in [2.45, 2.75) is 46.1 Å². The number of nitrogens with one attached hydrogen (secondary N) is 1. The number of pyridine rings is 1. The number of β-lactam (4-membered cyclic amide) rings is 1. The van der Waals surface area contributed by atoms with Gasteiger partial charge in [-0.25, -0.2) is 4.98 Å². The Kier molecular flexibility index (Phi) is 5.14. The number of hydrogen-bond donors (Lipinski definition) is 1. The van der Waals surface area contributed by atoms with Crippen LogP contribution in [0.3, 0.4) is 0 Å². The Bertz CT molecular complexity index is 702. The molecule has 26 heavy (non-hydrogen) atoms. The van der Waals surface area contributed by atoms with Gasteiger partial charge in [-0.15, -0.1) is 0 Å². The fourth-order valence-electron chi connectivity index (χ4n) is 3.65. The first-order valence-corrected chi connectivity index (χ1v) is 9.89. The first-order chi connectivity index (χ1) is 12.1. The maximum Gasteiger partial charge on any atom is 0.232 e. The zero-order valence-electron chi connectivity index (χ0n) is 15.9. The standard InChI is InChI=1S/C19H27BrN4O2/c1-18(2)17(26)24(19(18,3)4)12-23-9-5-6-13(11-23)16(25)22-15-8-7-14(20)10-21-15/h7-8,10,13H,5-6,9,11-12H2,1-4H3,(H,21,22,25)/t13-/m0/s1. The molecule has 1 N–H and O–H groups in total. The fourth-order valence-corrected chi connectivity index (χ4v) is 3.89. The van der Waals surface area contributed by atoms with Crippen LogP contribution in [0.25, 0.3) is 0 Å². The van der Waals surface area contributed by atoms with Crippen molar-refractivity contribution in [3.63, 3.8) is 0 Å². The molecule has 0 aliphatic carbocycles. The second kappa shape index (κ2) is 6.93. The molecule has 0 spiro atoms. The molecule has 142 valence electrons. The van der Waals surface area contributed by atoms with Crippen LogP contribution in [-0.4, -0.2) is 51.9 Å². The topological polar surface area (TPSA) is 65.5 Å². The quantitative estimate of drug-likeness (QED) is 0.756. The molecule has 2 aliphatic heterocycles. The van der Waals surface area contributed by atoms with Crippen LogP contribution in [0.2, 0.25) is 0 Å². The summed E-state index contributed by atoms with van der Waals surface area (Å²) in [5, 5.41) is 2.90. The van der Waals surface area contributed by atoms with Crippen LogP contribution >= 0.6 is 15.9 Å². The number of piperidine rings is 1. The monoisotopic (exact) mass is 422 g/mol. The minimum absolute atomic E-state index is 0.000881. The zero-order chi connectivity index (χ0) is 19.1. The Balaban J connectivity index is 1.58. The molecule has 7 heteroatoms. The zero-order valence-corrected chi connectivity index (χ0v) is 17.5. The van der Waals surface area contributed by atoms with Crippen LogP contribution in [0.5, 0.6) is 0 Å². The maximum atomic E-state index is 12.6. The highest BCUT2D eigenvalue weighted by Crippen LogP contribution is 2.47. The van der Waals surface area contributed by atoms with Crippen LogP contribution in [0.15, 0.2) is 22.8 Å². The van der Waals surface area contributed by atoms with Crippen LogP contribution < -0.4 is 5.32 Å². The lowest BCUT2D eigenvalue weighted by molar-refractivity contribution is -0.189. The molecule has 3 rings (SSSR count). The molecule has 1 atom stereocenters. The van der Waals surface area contributed by atoms with E-state index in [1.54, 1.807) is 12.3 Å². The highest BCUT2D eigenvalue weighted by Gasteiger charge is 2.60. The number of rotatable bonds is 4. The highest BCUT2D eigenvalue weighted by atomic mass is 79.9. The smallest absolute Gasteiger partial charge is 0.232 e. The number of carbonyl (C=O) groups is 2. The van der Waals surface area contributed by atoms with Gasteiger partial charge in [0, 0.05) is 17.2 Å². The summed E-state index contributed by atoms with van der Waals surface area (Å²) in [6.07, 6.45) is 3.49. The van der Waals surface area contributed by atoms with Crippen molar-refractivity contribution < 1.29 is 9.59 Å². The molecule has 3 heterocycles. The number of anilines is 1. The first kappa shape index (κ1) is 19.3. The van der Waals surface area contributed by atoms with Gasteiger partial charge in [0.05, 0.1) is 23.5 Å². The lowest BCUT2D eigenvalue weighted by Gasteiger charge is -2.61. The lowest BCUT2D eigenvalue weighted by atomic mass is 9.64. The van der Waals surface area contributed by atoms with Crippen molar-refractivity contribution in [1.82, 2.24) is 14.8 Å². The largest absolute Gasteiger partial charge is 0.323 e. The Morgan fingerprint density at radius 2 is 2.08 bits per heavy atom. The Morgan fingerprint density at radius 3 is 2.69 bits per heavy atom. The number of hydrogen-bond acceptors (Lipinski definition) is 4. The molecule has 0 unspecified atom stereocenters. The molecule has 0 saturated carbocycles. The average Bonchev–Trinajstić information content (AvgIpc) is 2.61. The van der Waals surface area contributed by atoms with E-state index >= 15 is 0 Å². The number of aromatic nitrogens is 1. The number of carbonyl (C=O) groups excluding carboxylic acids is 2. The molecule has 1 aromatic heterocycles. The molecular formula is C19H27BrN4O2. The highest BCUT2D eigenvalue weighted by molar-refractivity contribution is 9.10. The summed E-state index contributed by atoms with van der Waals surface area (Å²) in [4.78, 5) is 33.4. The van der Waals surface area contributed by atoms with Crippen molar-refractivity contribution in [2.24, 2.45) is 11.3 Å². The third-order valence-electron chi connectivity index (χ3n) is 6.18. The van der Waals surface area contributed by atoms with Gasteiger partial charge in [-0.3, -0.25) is 14.5 Å². The minimum atomic E-state index is -0.327. The molecule has 1 aromatic rings. The molecule has 2 fully saturated rings. The van der Waals surface area contributed by atoms with Gasteiger partial charge < -0.3 is 10.2 Å². The lowest BCUT2D eigenvalue weighted by Crippen LogP contribution is -2.74. The number of likely N-dealkylation sites (tertiary alicyclic amines) is 2. The Hall–Kier alpha value is -1.47. The van der Waals surface area contributed by atoms with E-state index in [2.05, 4.69) is 45.0 Å². The molecular weight excluding hydrogens is 396 g/mol. The number of halogens is 1. The van der Waals surface area contributed by atoms with Gasteiger partial charge in [-0.1, -0.05) is 0 Å². The van der Waals surface area contributed by atoms with Crippen LogP contribution in [0.1, 0.15) is 40.5 Å². The Morgan fingerprint density at radius 1 is 1.35 bits per heavy atom. The predicted molar refractivity (Wildman–Crippen MR) is 104 cm³/mol. The van der Waals surface area contributed by atoms with Gasteiger partial charge in [-0.05, 0) is 75.1 Å². The van der Waals surface area contributed by atoms with E-state index < -0.39 is 0 Å². The van der Waals surface area contributed by atoms with Crippen LogP contribution in [0.4, 0.5) is 5.82 Å². The molecule has 2 amide bonds. The Labute approximate surface area is 163 Å². The maximum absolute atomic E-state index is 12.6. The van der Waals surface area contributed by atoms with E-state index in [4.69, 9.17) is 0 Å². The van der Waals surface area contributed by atoms with Gasteiger partial charge in [0.1, 0.15) is 5.82 Å². The normalized spacial score (nSPS) is 24.9. The molecule has 6 nitrogen and oxygen atoms in total.